The van der Waals surface area contributed by atoms with Crippen LogP contribution in [0.4, 0.5) is 5.69 Å². The van der Waals surface area contributed by atoms with Crippen LogP contribution in [0.2, 0.25) is 0 Å². The molecular formula is C15H18N4O2. The summed E-state index contributed by atoms with van der Waals surface area (Å²) in [4.78, 5) is 20.9. The average molecular weight is 286 g/mol. The second-order valence-electron chi connectivity index (χ2n) is 5.17. The van der Waals surface area contributed by atoms with Gasteiger partial charge in [-0.2, -0.15) is 0 Å². The van der Waals surface area contributed by atoms with Gasteiger partial charge in [-0.3, -0.25) is 9.78 Å². The summed E-state index contributed by atoms with van der Waals surface area (Å²) < 4.78 is 7.72. The number of carbonyl (C=O) groups is 1. The summed E-state index contributed by atoms with van der Waals surface area (Å²) in [6.07, 6.45) is 8.28. The number of amides is 1. The summed E-state index contributed by atoms with van der Waals surface area (Å²) in [6.45, 7) is 0.661. The van der Waals surface area contributed by atoms with Crippen molar-refractivity contribution in [2.24, 2.45) is 13.0 Å². The first-order valence-corrected chi connectivity index (χ1v) is 7.05. The number of aryl methyl sites for hydroxylation is 1. The van der Waals surface area contributed by atoms with E-state index in [0.717, 1.165) is 18.7 Å². The minimum absolute atomic E-state index is 0.0456. The second-order valence-corrected chi connectivity index (χ2v) is 5.17. The van der Waals surface area contributed by atoms with Crippen LogP contribution in [-0.2, 0) is 16.6 Å². The maximum Gasteiger partial charge on any atom is 0.230 e. The number of nitrogens with one attached hydrogen (secondary N) is 1. The number of ether oxygens (including phenoxy) is 1. The highest BCUT2D eigenvalue weighted by atomic mass is 16.5. The largest absolute Gasteiger partial charge is 0.369 e. The molecule has 1 amide bonds. The van der Waals surface area contributed by atoms with Crippen molar-refractivity contribution in [1.82, 2.24) is 14.5 Å². The number of rotatable bonds is 3. The second kappa shape index (κ2) is 6.05. The Balaban J connectivity index is 1.78. The third-order valence-electron chi connectivity index (χ3n) is 3.70. The normalized spacial score (nSPS) is 22.0. The first kappa shape index (κ1) is 13.8. The van der Waals surface area contributed by atoms with Crippen molar-refractivity contribution >= 4 is 11.6 Å². The Morgan fingerprint density at radius 1 is 1.48 bits per heavy atom. The van der Waals surface area contributed by atoms with E-state index in [1.165, 1.54) is 0 Å². The van der Waals surface area contributed by atoms with Crippen molar-refractivity contribution in [3.05, 3.63) is 42.7 Å². The lowest BCUT2D eigenvalue weighted by Gasteiger charge is -2.30. The Bertz CT molecular complexity index is 611. The van der Waals surface area contributed by atoms with E-state index in [2.05, 4.69) is 15.3 Å². The van der Waals surface area contributed by atoms with Crippen molar-refractivity contribution in [2.75, 3.05) is 11.9 Å². The molecule has 0 bridgehead atoms. The predicted molar refractivity (Wildman–Crippen MR) is 77.5 cm³/mol. The van der Waals surface area contributed by atoms with E-state index in [1.54, 1.807) is 24.7 Å². The van der Waals surface area contributed by atoms with E-state index < -0.39 is 0 Å². The summed E-state index contributed by atoms with van der Waals surface area (Å²) in [5, 5.41) is 2.90. The zero-order valence-electron chi connectivity index (χ0n) is 11.9. The van der Waals surface area contributed by atoms with Crippen LogP contribution in [0.5, 0.6) is 0 Å². The van der Waals surface area contributed by atoms with Crippen molar-refractivity contribution in [3.63, 3.8) is 0 Å². The van der Waals surface area contributed by atoms with Gasteiger partial charge >= 0.3 is 0 Å². The molecule has 2 aromatic rings. The van der Waals surface area contributed by atoms with Gasteiger partial charge in [0, 0.05) is 32.2 Å². The number of hydrogen-bond acceptors (Lipinski definition) is 4. The lowest BCUT2D eigenvalue weighted by atomic mass is 9.92. The van der Waals surface area contributed by atoms with E-state index in [0.29, 0.717) is 12.3 Å². The van der Waals surface area contributed by atoms with Crippen LogP contribution in [-0.4, -0.2) is 27.0 Å². The number of aromatic nitrogens is 3. The van der Waals surface area contributed by atoms with Crippen LogP contribution in [0.3, 0.4) is 0 Å². The SMILES string of the molecule is Cn1ccnc1[C@@H]1OCCC[C@H]1C(=O)Nc1cccnc1. The number of anilines is 1. The van der Waals surface area contributed by atoms with Gasteiger partial charge in [0.2, 0.25) is 5.91 Å². The number of carbonyl (C=O) groups excluding carboxylic acids is 1. The van der Waals surface area contributed by atoms with E-state index >= 15 is 0 Å². The summed E-state index contributed by atoms with van der Waals surface area (Å²) in [5.74, 6) is 0.511. The van der Waals surface area contributed by atoms with Crippen molar-refractivity contribution in [1.29, 1.82) is 0 Å². The third kappa shape index (κ3) is 2.95. The van der Waals surface area contributed by atoms with E-state index in [4.69, 9.17) is 4.74 Å². The molecule has 2 aromatic heterocycles. The zero-order valence-corrected chi connectivity index (χ0v) is 11.9. The van der Waals surface area contributed by atoms with Crippen molar-refractivity contribution in [3.8, 4) is 0 Å². The minimum Gasteiger partial charge on any atom is -0.369 e. The van der Waals surface area contributed by atoms with Crippen LogP contribution in [0.1, 0.15) is 24.8 Å². The number of hydrogen-bond donors (Lipinski definition) is 1. The Morgan fingerprint density at radius 2 is 2.38 bits per heavy atom. The molecule has 1 aliphatic rings. The van der Waals surface area contributed by atoms with Crippen LogP contribution in [0, 0.1) is 5.92 Å². The van der Waals surface area contributed by atoms with Gasteiger partial charge in [-0.1, -0.05) is 0 Å². The molecule has 0 radical (unpaired) electrons. The van der Waals surface area contributed by atoms with E-state index in [9.17, 15) is 4.79 Å². The average Bonchev–Trinajstić information content (AvgIpc) is 2.94. The first-order chi connectivity index (χ1) is 10.3. The van der Waals surface area contributed by atoms with Crippen LogP contribution in [0.15, 0.2) is 36.9 Å². The Hall–Kier alpha value is -2.21. The Kier molecular flexibility index (Phi) is 3.96. The molecule has 0 aliphatic carbocycles. The number of imidazole rings is 1. The molecule has 3 rings (SSSR count). The lowest BCUT2D eigenvalue weighted by Crippen LogP contribution is -2.34. The van der Waals surface area contributed by atoms with Gasteiger partial charge in [0.1, 0.15) is 11.9 Å². The maximum atomic E-state index is 12.5. The zero-order chi connectivity index (χ0) is 14.7. The molecule has 6 nitrogen and oxygen atoms in total. The fourth-order valence-electron chi connectivity index (χ4n) is 2.63. The van der Waals surface area contributed by atoms with Gasteiger partial charge in [0.05, 0.1) is 17.8 Å². The summed E-state index contributed by atoms with van der Waals surface area (Å²) in [7, 11) is 1.91. The number of pyridine rings is 1. The monoisotopic (exact) mass is 286 g/mol. The number of nitrogens with zero attached hydrogens (tertiary/aromatic N) is 3. The van der Waals surface area contributed by atoms with Gasteiger partial charge < -0.3 is 14.6 Å². The quantitative estimate of drug-likeness (QED) is 0.936. The highest BCUT2D eigenvalue weighted by Gasteiger charge is 2.35. The predicted octanol–water partition coefficient (Wildman–Crippen LogP) is 1.92. The summed E-state index contributed by atoms with van der Waals surface area (Å²) in [5.41, 5.74) is 0.701. The molecule has 110 valence electrons. The van der Waals surface area contributed by atoms with Crippen LogP contribution < -0.4 is 5.32 Å². The van der Waals surface area contributed by atoms with Crippen LogP contribution in [0.25, 0.3) is 0 Å². The first-order valence-electron chi connectivity index (χ1n) is 7.05. The molecular weight excluding hydrogens is 268 g/mol. The van der Waals surface area contributed by atoms with Crippen molar-refractivity contribution in [2.45, 2.75) is 18.9 Å². The Labute approximate surface area is 123 Å². The maximum absolute atomic E-state index is 12.5. The molecule has 0 spiro atoms. The molecule has 0 unspecified atom stereocenters. The highest BCUT2D eigenvalue weighted by Crippen LogP contribution is 2.33. The lowest BCUT2D eigenvalue weighted by molar-refractivity contribution is -0.130. The smallest absolute Gasteiger partial charge is 0.230 e. The summed E-state index contributed by atoms with van der Waals surface area (Å²) in [6, 6.07) is 3.62. The molecule has 0 aromatic carbocycles. The molecule has 1 aliphatic heterocycles. The molecule has 1 fully saturated rings. The van der Waals surface area contributed by atoms with Gasteiger partial charge in [-0.25, -0.2) is 4.98 Å². The van der Waals surface area contributed by atoms with Gasteiger partial charge in [0.15, 0.2) is 0 Å². The molecule has 0 saturated carbocycles. The van der Waals surface area contributed by atoms with Crippen molar-refractivity contribution < 1.29 is 9.53 Å². The summed E-state index contributed by atoms with van der Waals surface area (Å²) >= 11 is 0. The van der Waals surface area contributed by atoms with Crippen LogP contribution >= 0.6 is 0 Å². The molecule has 1 N–H and O–H groups in total. The highest BCUT2D eigenvalue weighted by molar-refractivity contribution is 5.92. The topological polar surface area (TPSA) is 69.0 Å². The molecule has 21 heavy (non-hydrogen) atoms. The minimum atomic E-state index is -0.296. The van der Waals surface area contributed by atoms with E-state index in [1.807, 2.05) is 23.9 Å². The van der Waals surface area contributed by atoms with E-state index in [-0.39, 0.29) is 17.9 Å². The molecule has 3 heterocycles. The molecule has 2 atom stereocenters. The van der Waals surface area contributed by atoms with Gasteiger partial charge in [-0.15, -0.1) is 0 Å². The third-order valence-corrected chi connectivity index (χ3v) is 3.70. The fraction of sp³-hybridized carbons (Fsp3) is 0.400. The fourth-order valence-corrected chi connectivity index (χ4v) is 2.63. The van der Waals surface area contributed by atoms with Gasteiger partial charge in [-0.05, 0) is 25.0 Å². The Morgan fingerprint density at radius 3 is 3.10 bits per heavy atom. The molecule has 6 heteroatoms. The standard InChI is InChI=1S/C15H18N4O2/c1-19-8-7-17-14(19)13-12(5-3-9-21-13)15(20)18-11-4-2-6-16-10-11/h2,4,6-8,10,12-13H,3,5,9H2,1H3,(H,18,20)/t12-,13-/m1/s1. The molecule has 1 saturated heterocycles. The van der Waals surface area contributed by atoms with Gasteiger partial charge in [0.25, 0.3) is 0 Å².